The van der Waals surface area contributed by atoms with Gasteiger partial charge in [0.15, 0.2) is 0 Å². The van der Waals surface area contributed by atoms with Crippen LogP contribution < -0.4 is 5.73 Å². The summed E-state index contributed by atoms with van der Waals surface area (Å²) >= 11 is 0. The number of aryl methyl sites for hydroxylation is 1. The number of para-hydroxylation sites is 1. The van der Waals surface area contributed by atoms with Crippen LogP contribution in [0.3, 0.4) is 0 Å². The Morgan fingerprint density at radius 1 is 1.06 bits per heavy atom. The molecule has 0 bridgehead atoms. The van der Waals surface area contributed by atoms with Crippen molar-refractivity contribution in [3.05, 3.63) is 53.9 Å². The molecule has 0 amide bonds. The molecule has 0 radical (unpaired) electrons. The van der Waals surface area contributed by atoms with Crippen LogP contribution in [-0.4, -0.2) is 9.97 Å². The van der Waals surface area contributed by atoms with Crippen molar-refractivity contribution in [3.8, 4) is 11.1 Å². The van der Waals surface area contributed by atoms with Crippen molar-refractivity contribution in [1.82, 2.24) is 9.97 Å². The lowest BCUT2D eigenvalue weighted by molar-refractivity contribution is 1.07. The summed E-state index contributed by atoms with van der Waals surface area (Å²) in [4.78, 5) is 7.83. The fourth-order valence-corrected chi connectivity index (χ4v) is 2.33. The van der Waals surface area contributed by atoms with Crippen LogP contribution >= 0.6 is 0 Å². The molecule has 3 rings (SSSR count). The Hall–Kier alpha value is -2.13. The maximum Gasteiger partial charge on any atom is 0.104 e. The molecular weight excluding hydrogens is 222 g/mol. The predicted molar refractivity (Wildman–Crippen MR) is 74.2 cm³/mol. The highest BCUT2D eigenvalue weighted by molar-refractivity contribution is 5.92. The van der Waals surface area contributed by atoms with Gasteiger partial charge in [0.2, 0.25) is 0 Å². The van der Waals surface area contributed by atoms with Crippen molar-refractivity contribution >= 4 is 11.0 Å². The van der Waals surface area contributed by atoms with Crippen LogP contribution in [0.15, 0.2) is 42.5 Å². The Kier molecular flexibility index (Phi) is 2.61. The van der Waals surface area contributed by atoms with Gasteiger partial charge in [-0.15, -0.1) is 0 Å². The average molecular weight is 237 g/mol. The molecule has 3 N–H and O–H groups in total. The minimum absolute atomic E-state index is 0.538. The average Bonchev–Trinajstić information content (AvgIpc) is 2.78. The highest BCUT2D eigenvalue weighted by atomic mass is 14.9. The number of nitrogens with one attached hydrogen (secondary N) is 1. The zero-order valence-electron chi connectivity index (χ0n) is 10.3. The Morgan fingerprint density at radius 2 is 1.83 bits per heavy atom. The largest absolute Gasteiger partial charge is 0.342 e. The highest BCUT2D eigenvalue weighted by Gasteiger charge is 2.09. The molecule has 0 fully saturated rings. The smallest absolute Gasteiger partial charge is 0.104 e. The summed E-state index contributed by atoms with van der Waals surface area (Å²) in [5, 5.41) is 0. The van der Waals surface area contributed by atoms with Gasteiger partial charge in [-0.3, -0.25) is 0 Å². The fraction of sp³-hybridized carbons (Fsp3) is 0.133. The second-order valence-electron chi connectivity index (χ2n) is 4.39. The molecule has 0 aliphatic carbocycles. The van der Waals surface area contributed by atoms with Gasteiger partial charge in [-0.05, 0) is 24.1 Å². The van der Waals surface area contributed by atoms with Gasteiger partial charge in [-0.25, -0.2) is 4.98 Å². The summed E-state index contributed by atoms with van der Waals surface area (Å²) in [6.07, 6.45) is 0. The zero-order valence-corrected chi connectivity index (χ0v) is 10.3. The van der Waals surface area contributed by atoms with Gasteiger partial charge < -0.3 is 10.7 Å². The standard InChI is InChI=1S/C15H15N3/c1-10-17-14-8-4-7-13(15(14)18-10)12-6-3-2-5-11(12)9-16/h2-8H,9,16H2,1H3,(H,17,18). The normalized spacial score (nSPS) is 11.0. The highest BCUT2D eigenvalue weighted by Crippen LogP contribution is 2.29. The van der Waals surface area contributed by atoms with E-state index in [2.05, 4.69) is 28.2 Å². The van der Waals surface area contributed by atoms with E-state index in [0.29, 0.717) is 6.54 Å². The van der Waals surface area contributed by atoms with Crippen molar-refractivity contribution in [2.24, 2.45) is 5.73 Å². The SMILES string of the molecule is Cc1nc2c(-c3ccccc3CN)cccc2[nH]1. The van der Waals surface area contributed by atoms with Crippen LogP contribution in [0.1, 0.15) is 11.4 Å². The molecule has 0 unspecified atom stereocenters. The summed E-state index contributed by atoms with van der Waals surface area (Å²) in [7, 11) is 0. The maximum absolute atomic E-state index is 5.81. The molecule has 3 aromatic rings. The maximum atomic E-state index is 5.81. The first-order valence-corrected chi connectivity index (χ1v) is 6.03. The molecule has 0 aliphatic heterocycles. The molecule has 18 heavy (non-hydrogen) atoms. The van der Waals surface area contributed by atoms with Crippen LogP contribution in [-0.2, 0) is 6.54 Å². The molecular formula is C15H15N3. The van der Waals surface area contributed by atoms with Gasteiger partial charge in [-0.2, -0.15) is 0 Å². The Labute approximate surface area is 106 Å². The van der Waals surface area contributed by atoms with E-state index < -0.39 is 0 Å². The minimum Gasteiger partial charge on any atom is -0.342 e. The number of H-pyrrole nitrogens is 1. The number of fused-ring (bicyclic) bond motifs is 1. The van der Waals surface area contributed by atoms with Crippen molar-refractivity contribution in [2.75, 3.05) is 0 Å². The van der Waals surface area contributed by atoms with E-state index in [1.807, 2.05) is 31.2 Å². The third-order valence-corrected chi connectivity index (χ3v) is 3.16. The quantitative estimate of drug-likeness (QED) is 0.720. The summed E-state index contributed by atoms with van der Waals surface area (Å²) in [6.45, 7) is 2.51. The molecule has 0 aliphatic rings. The van der Waals surface area contributed by atoms with Gasteiger partial charge in [0, 0.05) is 12.1 Å². The van der Waals surface area contributed by atoms with Gasteiger partial charge in [-0.1, -0.05) is 36.4 Å². The molecule has 3 heteroatoms. The number of benzene rings is 2. The van der Waals surface area contributed by atoms with Crippen molar-refractivity contribution in [3.63, 3.8) is 0 Å². The summed E-state index contributed by atoms with van der Waals surface area (Å²) in [5.74, 6) is 0.933. The Bertz CT molecular complexity index is 698. The predicted octanol–water partition coefficient (Wildman–Crippen LogP) is 3.00. The van der Waals surface area contributed by atoms with Crippen molar-refractivity contribution < 1.29 is 0 Å². The van der Waals surface area contributed by atoms with E-state index in [9.17, 15) is 0 Å². The fourth-order valence-electron chi connectivity index (χ4n) is 2.33. The molecule has 90 valence electrons. The van der Waals surface area contributed by atoms with E-state index >= 15 is 0 Å². The lowest BCUT2D eigenvalue weighted by Gasteiger charge is -2.08. The van der Waals surface area contributed by atoms with E-state index in [1.165, 1.54) is 0 Å². The van der Waals surface area contributed by atoms with Gasteiger partial charge in [0.25, 0.3) is 0 Å². The van der Waals surface area contributed by atoms with Gasteiger partial charge in [0.1, 0.15) is 5.82 Å². The number of hydrogen-bond acceptors (Lipinski definition) is 2. The Morgan fingerprint density at radius 3 is 2.67 bits per heavy atom. The summed E-state index contributed by atoms with van der Waals surface area (Å²) < 4.78 is 0. The van der Waals surface area contributed by atoms with Crippen molar-refractivity contribution in [2.45, 2.75) is 13.5 Å². The topological polar surface area (TPSA) is 54.7 Å². The molecule has 3 nitrogen and oxygen atoms in total. The summed E-state index contributed by atoms with van der Waals surface area (Å²) in [5.41, 5.74) is 11.3. The van der Waals surface area contributed by atoms with Crippen LogP contribution in [0, 0.1) is 6.92 Å². The monoisotopic (exact) mass is 237 g/mol. The van der Waals surface area contributed by atoms with E-state index in [-0.39, 0.29) is 0 Å². The third kappa shape index (κ3) is 1.69. The minimum atomic E-state index is 0.538. The molecule has 0 atom stereocenters. The van der Waals surface area contributed by atoms with E-state index in [4.69, 9.17) is 5.73 Å². The number of rotatable bonds is 2. The summed E-state index contributed by atoms with van der Waals surface area (Å²) in [6, 6.07) is 14.4. The lowest BCUT2D eigenvalue weighted by Crippen LogP contribution is -1.98. The number of aromatic nitrogens is 2. The first-order chi connectivity index (χ1) is 8.79. The first kappa shape index (κ1) is 11.0. The van der Waals surface area contributed by atoms with E-state index in [0.717, 1.165) is 33.5 Å². The number of aromatic amines is 1. The second kappa shape index (κ2) is 4.27. The molecule has 1 aromatic heterocycles. The molecule has 2 aromatic carbocycles. The molecule has 0 saturated carbocycles. The van der Waals surface area contributed by atoms with Gasteiger partial charge in [0.05, 0.1) is 11.0 Å². The lowest BCUT2D eigenvalue weighted by atomic mass is 9.98. The van der Waals surface area contributed by atoms with Crippen LogP contribution in [0.25, 0.3) is 22.2 Å². The van der Waals surface area contributed by atoms with E-state index in [1.54, 1.807) is 0 Å². The molecule has 1 heterocycles. The van der Waals surface area contributed by atoms with Crippen LogP contribution in [0.5, 0.6) is 0 Å². The van der Waals surface area contributed by atoms with Crippen LogP contribution in [0.4, 0.5) is 0 Å². The first-order valence-electron chi connectivity index (χ1n) is 6.03. The number of nitrogens with two attached hydrogens (primary N) is 1. The number of nitrogens with zero attached hydrogens (tertiary/aromatic N) is 1. The molecule has 0 saturated heterocycles. The third-order valence-electron chi connectivity index (χ3n) is 3.16. The number of imidazole rings is 1. The zero-order chi connectivity index (χ0) is 12.5. The Balaban J connectivity index is 2.31. The number of hydrogen-bond donors (Lipinski definition) is 2. The van der Waals surface area contributed by atoms with Gasteiger partial charge >= 0.3 is 0 Å². The van der Waals surface area contributed by atoms with Crippen molar-refractivity contribution in [1.29, 1.82) is 0 Å². The second-order valence-corrected chi connectivity index (χ2v) is 4.39. The van der Waals surface area contributed by atoms with Crippen LogP contribution in [0.2, 0.25) is 0 Å². The molecule has 0 spiro atoms.